The van der Waals surface area contributed by atoms with Crippen LogP contribution in [-0.2, 0) is 4.79 Å². The number of benzene rings is 3. The van der Waals surface area contributed by atoms with Gasteiger partial charge in [0.1, 0.15) is 23.1 Å². The van der Waals surface area contributed by atoms with E-state index in [1.54, 1.807) is 30.3 Å². The molecule has 4 nitrogen and oxygen atoms in total. The number of anilines is 1. The van der Waals surface area contributed by atoms with E-state index in [2.05, 4.69) is 4.99 Å². The molecule has 1 aliphatic rings. The molecule has 0 unspecified atom stereocenters. The van der Waals surface area contributed by atoms with Gasteiger partial charge in [0.15, 0.2) is 0 Å². The third kappa shape index (κ3) is 3.35. The monoisotopic (exact) mass is 358 g/mol. The molecule has 0 saturated carbocycles. The highest BCUT2D eigenvalue weighted by Gasteiger charge is 2.32. The van der Waals surface area contributed by atoms with Crippen LogP contribution in [0.4, 0.5) is 10.1 Å². The van der Waals surface area contributed by atoms with Crippen LogP contribution < -0.4 is 4.90 Å². The molecule has 0 aromatic heterocycles. The Balaban J connectivity index is 1.80. The summed E-state index contributed by atoms with van der Waals surface area (Å²) in [4.78, 5) is 19.1. The summed E-state index contributed by atoms with van der Waals surface area (Å²) in [6, 6.07) is 21.6. The molecule has 1 aliphatic heterocycles. The van der Waals surface area contributed by atoms with Gasteiger partial charge in [-0.05, 0) is 48.0 Å². The van der Waals surface area contributed by atoms with Crippen LogP contribution in [0.1, 0.15) is 11.1 Å². The Morgan fingerprint density at radius 3 is 2.22 bits per heavy atom. The van der Waals surface area contributed by atoms with Crippen molar-refractivity contribution >= 4 is 23.5 Å². The first-order chi connectivity index (χ1) is 13.1. The Morgan fingerprint density at radius 1 is 0.889 bits per heavy atom. The third-order valence-electron chi connectivity index (χ3n) is 4.17. The van der Waals surface area contributed by atoms with Gasteiger partial charge in [-0.2, -0.15) is 0 Å². The Labute approximate surface area is 155 Å². The van der Waals surface area contributed by atoms with Gasteiger partial charge >= 0.3 is 0 Å². The summed E-state index contributed by atoms with van der Waals surface area (Å²) in [5.41, 5.74) is 2.33. The lowest BCUT2D eigenvalue weighted by molar-refractivity contribution is -0.113. The van der Waals surface area contributed by atoms with E-state index in [4.69, 9.17) is 0 Å². The molecule has 1 amide bonds. The number of nitrogens with zero attached hydrogens (tertiary/aromatic N) is 2. The Kier molecular flexibility index (Phi) is 4.26. The van der Waals surface area contributed by atoms with Crippen LogP contribution in [0.15, 0.2) is 89.6 Å². The van der Waals surface area contributed by atoms with Crippen LogP contribution >= 0.6 is 0 Å². The molecule has 132 valence electrons. The normalized spacial score (nSPS) is 15.3. The summed E-state index contributed by atoms with van der Waals surface area (Å²) in [6.07, 6.45) is 1.63. The second kappa shape index (κ2) is 6.88. The quantitative estimate of drug-likeness (QED) is 0.707. The molecule has 0 aliphatic carbocycles. The average molecular weight is 358 g/mol. The van der Waals surface area contributed by atoms with Crippen molar-refractivity contribution in [1.29, 1.82) is 0 Å². The van der Waals surface area contributed by atoms with Crippen molar-refractivity contribution in [3.63, 3.8) is 0 Å². The van der Waals surface area contributed by atoms with Crippen LogP contribution in [0, 0.1) is 5.82 Å². The van der Waals surface area contributed by atoms with Gasteiger partial charge in [0.25, 0.3) is 5.91 Å². The van der Waals surface area contributed by atoms with Crippen LogP contribution in [0.2, 0.25) is 0 Å². The van der Waals surface area contributed by atoms with E-state index in [0.717, 1.165) is 5.56 Å². The Hall–Kier alpha value is -3.73. The zero-order valence-electron chi connectivity index (χ0n) is 14.2. The van der Waals surface area contributed by atoms with Crippen LogP contribution in [-0.4, -0.2) is 16.8 Å². The van der Waals surface area contributed by atoms with Gasteiger partial charge in [-0.3, -0.25) is 9.69 Å². The first-order valence-electron chi connectivity index (χ1n) is 8.37. The van der Waals surface area contributed by atoms with E-state index >= 15 is 0 Å². The van der Waals surface area contributed by atoms with Crippen molar-refractivity contribution in [1.82, 2.24) is 0 Å². The van der Waals surface area contributed by atoms with E-state index in [9.17, 15) is 14.3 Å². The van der Waals surface area contributed by atoms with Gasteiger partial charge in [-0.15, -0.1) is 0 Å². The fourth-order valence-corrected chi connectivity index (χ4v) is 2.86. The van der Waals surface area contributed by atoms with Crippen molar-refractivity contribution in [2.45, 2.75) is 0 Å². The van der Waals surface area contributed by atoms with Gasteiger partial charge in [0.2, 0.25) is 0 Å². The van der Waals surface area contributed by atoms with Gasteiger partial charge in [0, 0.05) is 5.56 Å². The number of phenols is 1. The molecule has 0 fully saturated rings. The summed E-state index contributed by atoms with van der Waals surface area (Å²) < 4.78 is 13.1. The predicted octanol–water partition coefficient (Wildman–Crippen LogP) is 4.37. The van der Waals surface area contributed by atoms with Crippen molar-refractivity contribution in [2.75, 3.05) is 4.90 Å². The van der Waals surface area contributed by atoms with Crippen molar-refractivity contribution in [3.05, 3.63) is 102 Å². The predicted molar refractivity (Wildman–Crippen MR) is 103 cm³/mol. The summed E-state index contributed by atoms with van der Waals surface area (Å²) in [7, 11) is 0. The number of aliphatic imine (C=N–C) groups is 1. The van der Waals surface area contributed by atoms with Gasteiger partial charge in [0.05, 0.1) is 5.69 Å². The van der Waals surface area contributed by atoms with Crippen LogP contribution in [0.5, 0.6) is 5.75 Å². The van der Waals surface area contributed by atoms with Gasteiger partial charge in [-0.25, -0.2) is 9.38 Å². The molecule has 0 bridgehead atoms. The van der Waals surface area contributed by atoms with E-state index in [1.165, 1.54) is 29.2 Å². The number of amidine groups is 1. The molecule has 3 aromatic carbocycles. The lowest BCUT2D eigenvalue weighted by Crippen LogP contribution is -2.32. The number of amides is 1. The maximum Gasteiger partial charge on any atom is 0.282 e. The van der Waals surface area contributed by atoms with E-state index < -0.39 is 0 Å². The Bertz CT molecular complexity index is 1040. The fraction of sp³-hybridized carbons (Fsp3) is 0. The smallest absolute Gasteiger partial charge is 0.282 e. The van der Waals surface area contributed by atoms with Crippen LogP contribution in [0.3, 0.4) is 0 Å². The first-order valence-corrected chi connectivity index (χ1v) is 8.37. The number of carbonyl (C=O) groups excluding carboxylic acids is 1. The molecule has 4 rings (SSSR count). The highest BCUT2D eigenvalue weighted by Crippen LogP contribution is 2.29. The molecule has 3 aromatic rings. The zero-order valence-corrected chi connectivity index (χ0v) is 14.2. The average Bonchev–Trinajstić information content (AvgIpc) is 3.01. The number of hydrogen-bond donors (Lipinski definition) is 1. The van der Waals surface area contributed by atoms with Gasteiger partial charge < -0.3 is 5.11 Å². The number of hydrogen-bond acceptors (Lipinski definition) is 3. The van der Waals surface area contributed by atoms with E-state index in [1.807, 2.05) is 30.3 Å². The van der Waals surface area contributed by atoms with Crippen LogP contribution in [0.25, 0.3) is 6.08 Å². The maximum atomic E-state index is 13.1. The summed E-state index contributed by atoms with van der Waals surface area (Å²) in [6.45, 7) is 0. The molecular formula is C22H15FN2O2. The lowest BCUT2D eigenvalue weighted by Gasteiger charge is -2.18. The number of carbonyl (C=O) groups is 1. The summed E-state index contributed by atoms with van der Waals surface area (Å²) in [5.74, 6) is -0.0108. The maximum absolute atomic E-state index is 13.1. The number of halogens is 1. The topological polar surface area (TPSA) is 52.9 Å². The highest BCUT2D eigenvalue weighted by atomic mass is 19.1. The zero-order chi connectivity index (χ0) is 18.8. The minimum absolute atomic E-state index is 0.116. The summed E-state index contributed by atoms with van der Waals surface area (Å²) >= 11 is 0. The molecule has 27 heavy (non-hydrogen) atoms. The lowest BCUT2D eigenvalue weighted by atomic mass is 10.1. The third-order valence-corrected chi connectivity index (χ3v) is 4.17. The number of rotatable bonds is 3. The first kappa shape index (κ1) is 16.7. The molecule has 1 N–H and O–H groups in total. The standard InChI is InChI=1S/C22H15FN2O2/c23-17-8-6-15(7-9-17)14-20-22(27)25(18-10-12-19(26)13-11-18)21(24-20)16-4-2-1-3-5-16/h1-14,26H/b20-14-. The molecule has 5 heteroatoms. The number of aromatic hydroxyl groups is 1. The van der Waals surface area contributed by atoms with E-state index in [0.29, 0.717) is 17.1 Å². The van der Waals surface area contributed by atoms with Crippen molar-refractivity contribution < 1.29 is 14.3 Å². The molecule has 0 atom stereocenters. The van der Waals surface area contributed by atoms with Crippen molar-refractivity contribution in [2.24, 2.45) is 4.99 Å². The van der Waals surface area contributed by atoms with Crippen molar-refractivity contribution in [3.8, 4) is 5.75 Å². The second-order valence-electron chi connectivity index (χ2n) is 6.04. The minimum atomic E-state index is -0.339. The number of phenolic OH excluding ortho intramolecular Hbond substituents is 1. The molecule has 0 spiro atoms. The molecule has 0 saturated heterocycles. The second-order valence-corrected chi connectivity index (χ2v) is 6.04. The minimum Gasteiger partial charge on any atom is -0.508 e. The largest absolute Gasteiger partial charge is 0.508 e. The molecular weight excluding hydrogens is 343 g/mol. The molecule has 1 heterocycles. The fourth-order valence-electron chi connectivity index (χ4n) is 2.86. The SMILES string of the molecule is O=C1/C(=C/c2ccc(F)cc2)N=C(c2ccccc2)N1c1ccc(O)cc1. The highest BCUT2D eigenvalue weighted by molar-refractivity contribution is 6.33. The Morgan fingerprint density at radius 2 is 1.56 bits per heavy atom. The van der Waals surface area contributed by atoms with Gasteiger partial charge in [-0.1, -0.05) is 42.5 Å². The van der Waals surface area contributed by atoms with E-state index in [-0.39, 0.29) is 23.2 Å². The molecule has 0 radical (unpaired) electrons. The summed E-state index contributed by atoms with van der Waals surface area (Å²) in [5, 5.41) is 9.54.